The van der Waals surface area contributed by atoms with Crippen LogP contribution in [0.3, 0.4) is 0 Å². The van der Waals surface area contributed by atoms with E-state index in [2.05, 4.69) is 0 Å². The fraction of sp³-hybridized carbons (Fsp3) is 0. The van der Waals surface area contributed by atoms with Crippen LogP contribution in [0, 0.1) is 0 Å². The molecule has 0 aliphatic rings. The minimum Gasteiger partial charge on any atom is -0.508 e. The SMILES string of the molecule is O=C(O)c1cc(O)cc(O)c1O.O=C(O)c1cc(O)cc(O)c1O.O=C(O)c1cc(O)cc(O)c1O.[Fe]. The predicted molar refractivity (Wildman–Crippen MR) is 115 cm³/mol. The van der Waals surface area contributed by atoms with Crippen LogP contribution in [0.25, 0.3) is 0 Å². The molecule has 0 atom stereocenters. The molecule has 0 radical (unpaired) electrons. The van der Waals surface area contributed by atoms with Crippen molar-refractivity contribution in [1.82, 2.24) is 0 Å². The fourth-order valence-electron chi connectivity index (χ4n) is 2.30. The number of phenols is 9. The van der Waals surface area contributed by atoms with Gasteiger partial charge in [-0.2, -0.15) is 0 Å². The van der Waals surface area contributed by atoms with Crippen LogP contribution < -0.4 is 0 Å². The van der Waals surface area contributed by atoms with Gasteiger partial charge < -0.3 is 61.3 Å². The summed E-state index contributed by atoms with van der Waals surface area (Å²) in [6.07, 6.45) is 0. The zero-order valence-corrected chi connectivity index (χ0v) is 19.0. The van der Waals surface area contributed by atoms with Gasteiger partial charge in [0.1, 0.15) is 33.9 Å². The third kappa shape index (κ3) is 8.50. The monoisotopic (exact) mass is 566 g/mol. The Morgan fingerprint density at radius 2 is 0.595 bits per heavy atom. The normalized spacial score (nSPS) is 9.41. The summed E-state index contributed by atoms with van der Waals surface area (Å²) in [5, 5.41) is 105. The van der Waals surface area contributed by atoms with Crippen molar-refractivity contribution in [2.24, 2.45) is 0 Å². The van der Waals surface area contributed by atoms with E-state index in [-0.39, 0.29) is 17.1 Å². The molecule has 0 fully saturated rings. The molecule has 3 aromatic rings. The third-order valence-corrected chi connectivity index (χ3v) is 3.91. The molecule has 0 aliphatic carbocycles. The predicted octanol–water partition coefficient (Wildman–Crippen LogP) is 1.50. The molecule has 16 heteroatoms. The Kier molecular flexibility index (Phi) is 11.2. The maximum Gasteiger partial charge on any atom is 0.339 e. The van der Waals surface area contributed by atoms with Crippen molar-refractivity contribution in [3.05, 3.63) is 53.1 Å². The number of carbonyl (C=O) groups is 3. The molecule has 0 bridgehead atoms. The van der Waals surface area contributed by atoms with E-state index >= 15 is 0 Å². The Morgan fingerprint density at radius 3 is 0.757 bits per heavy atom. The molecule has 0 heterocycles. The van der Waals surface area contributed by atoms with Gasteiger partial charge in [0.2, 0.25) is 0 Å². The van der Waals surface area contributed by atoms with Gasteiger partial charge in [-0.05, 0) is 18.2 Å². The summed E-state index contributed by atoms with van der Waals surface area (Å²) >= 11 is 0. The average Bonchev–Trinajstić information content (AvgIpc) is 2.76. The summed E-state index contributed by atoms with van der Waals surface area (Å²) in [6.45, 7) is 0. The largest absolute Gasteiger partial charge is 0.508 e. The maximum atomic E-state index is 10.3. The first-order valence-electron chi connectivity index (χ1n) is 9.01. The van der Waals surface area contributed by atoms with Crippen LogP contribution in [0.5, 0.6) is 51.7 Å². The molecule has 3 aromatic carbocycles. The molecular formula is C21H18FeO15. The molecule has 0 unspecified atom stereocenters. The average molecular weight is 566 g/mol. The number of carboxylic acid groups (broad SMARTS) is 3. The van der Waals surface area contributed by atoms with E-state index in [1.165, 1.54) is 0 Å². The second-order valence-electron chi connectivity index (χ2n) is 6.50. The zero-order chi connectivity index (χ0) is 27.9. The topological polar surface area (TPSA) is 294 Å². The van der Waals surface area contributed by atoms with Crippen molar-refractivity contribution >= 4 is 17.9 Å². The van der Waals surface area contributed by atoms with Crippen molar-refractivity contribution in [3.63, 3.8) is 0 Å². The fourth-order valence-corrected chi connectivity index (χ4v) is 2.30. The first-order valence-corrected chi connectivity index (χ1v) is 9.01. The molecule has 0 amide bonds. The van der Waals surface area contributed by atoms with Crippen LogP contribution in [-0.2, 0) is 17.1 Å². The standard InChI is InChI=1S/3C7H6O5.Fe/c3*8-3-1-4(7(11)12)6(10)5(9)2-3;/h3*1-2,8-10H,(H,11,12);. The number of carboxylic acids is 3. The van der Waals surface area contributed by atoms with Crippen molar-refractivity contribution in [2.45, 2.75) is 0 Å². The van der Waals surface area contributed by atoms with E-state index in [4.69, 9.17) is 61.3 Å². The zero-order valence-electron chi connectivity index (χ0n) is 17.9. The number of hydrogen-bond acceptors (Lipinski definition) is 12. The molecule has 200 valence electrons. The van der Waals surface area contributed by atoms with E-state index in [9.17, 15) is 14.4 Å². The molecule has 15 nitrogen and oxygen atoms in total. The molecular weight excluding hydrogens is 548 g/mol. The quantitative estimate of drug-likeness (QED) is 0.121. The smallest absolute Gasteiger partial charge is 0.339 e. The van der Waals surface area contributed by atoms with E-state index in [0.29, 0.717) is 0 Å². The summed E-state index contributed by atoms with van der Waals surface area (Å²) in [5.41, 5.74) is -1.60. The number of aromatic carboxylic acids is 3. The second kappa shape index (κ2) is 13.0. The molecule has 3 rings (SSSR count). The maximum absolute atomic E-state index is 10.3. The minimum atomic E-state index is -1.42. The first kappa shape index (κ1) is 31.8. The van der Waals surface area contributed by atoms with E-state index < -0.39 is 86.3 Å². The Hall–Kier alpha value is -5.21. The van der Waals surface area contributed by atoms with Gasteiger partial charge in [0, 0.05) is 35.3 Å². The van der Waals surface area contributed by atoms with Gasteiger partial charge in [-0.25, -0.2) is 14.4 Å². The summed E-state index contributed by atoms with van der Waals surface area (Å²) in [6, 6.07) is 5.08. The molecule has 0 saturated heterocycles. The van der Waals surface area contributed by atoms with Gasteiger partial charge in [-0.1, -0.05) is 0 Å². The molecule has 0 aromatic heterocycles. The van der Waals surface area contributed by atoms with Crippen molar-refractivity contribution in [3.8, 4) is 51.7 Å². The summed E-state index contributed by atoms with van der Waals surface area (Å²) < 4.78 is 0. The number of aromatic hydroxyl groups is 9. The Bertz CT molecular complexity index is 1160. The van der Waals surface area contributed by atoms with Gasteiger partial charge in [0.15, 0.2) is 34.5 Å². The van der Waals surface area contributed by atoms with Crippen LogP contribution in [-0.4, -0.2) is 79.2 Å². The Morgan fingerprint density at radius 1 is 0.405 bits per heavy atom. The van der Waals surface area contributed by atoms with Gasteiger partial charge in [0.25, 0.3) is 0 Å². The minimum absolute atomic E-state index is 0. The Labute approximate surface area is 215 Å². The van der Waals surface area contributed by atoms with Crippen molar-refractivity contribution in [2.75, 3.05) is 0 Å². The van der Waals surface area contributed by atoms with Gasteiger partial charge >= 0.3 is 17.9 Å². The van der Waals surface area contributed by atoms with Crippen LogP contribution in [0.4, 0.5) is 0 Å². The number of rotatable bonds is 3. The van der Waals surface area contributed by atoms with E-state index in [1.807, 2.05) is 0 Å². The summed E-state index contributed by atoms with van der Waals surface area (Å²) in [7, 11) is 0. The number of hydrogen-bond donors (Lipinski definition) is 12. The molecule has 12 N–H and O–H groups in total. The molecule has 0 aliphatic heterocycles. The van der Waals surface area contributed by atoms with Crippen LogP contribution in [0.1, 0.15) is 31.1 Å². The van der Waals surface area contributed by atoms with E-state index in [0.717, 1.165) is 36.4 Å². The third-order valence-electron chi connectivity index (χ3n) is 3.91. The Balaban J connectivity index is 0.000000518. The number of phenolic OH excluding ortho intramolecular Hbond substituents is 6. The first-order chi connectivity index (χ1) is 16.6. The summed E-state index contributed by atoms with van der Waals surface area (Å²) in [4.78, 5) is 31.0. The van der Waals surface area contributed by atoms with Crippen LogP contribution >= 0.6 is 0 Å². The number of benzene rings is 3. The van der Waals surface area contributed by atoms with Crippen LogP contribution in [0.2, 0.25) is 0 Å². The van der Waals surface area contributed by atoms with Crippen molar-refractivity contribution < 1.29 is 92.7 Å². The van der Waals surface area contributed by atoms with Crippen molar-refractivity contribution in [1.29, 1.82) is 0 Å². The summed E-state index contributed by atoms with van der Waals surface area (Å²) in [5.74, 6) is -9.72. The second-order valence-corrected chi connectivity index (χ2v) is 6.50. The van der Waals surface area contributed by atoms with Crippen LogP contribution in [0.15, 0.2) is 36.4 Å². The van der Waals surface area contributed by atoms with Gasteiger partial charge in [0.05, 0.1) is 0 Å². The van der Waals surface area contributed by atoms with E-state index in [1.54, 1.807) is 0 Å². The molecule has 0 saturated carbocycles. The van der Waals surface area contributed by atoms with Gasteiger partial charge in [-0.15, -0.1) is 0 Å². The molecule has 0 spiro atoms. The molecule has 37 heavy (non-hydrogen) atoms. The van der Waals surface area contributed by atoms with Gasteiger partial charge in [-0.3, -0.25) is 0 Å².